The standard InChI is InChI=1S/C10H8ClFN2S/c11-9-2-1-8(15-9)10(13)6-3-7(12)5-14-4-6/h1-5,10H,13H2. The summed E-state index contributed by atoms with van der Waals surface area (Å²) in [5, 5.41) is 0. The summed E-state index contributed by atoms with van der Waals surface area (Å²) in [6, 6.07) is 4.62. The van der Waals surface area contributed by atoms with Crippen molar-refractivity contribution in [2.24, 2.45) is 5.73 Å². The van der Waals surface area contributed by atoms with Crippen molar-refractivity contribution in [1.29, 1.82) is 0 Å². The Kier molecular flexibility index (Phi) is 3.00. The van der Waals surface area contributed by atoms with Crippen molar-refractivity contribution >= 4 is 22.9 Å². The summed E-state index contributed by atoms with van der Waals surface area (Å²) in [4.78, 5) is 4.65. The number of hydrogen-bond acceptors (Lipinski definition) is 3. The topological polar surface area (TPSA) is 38.9 Å². The summed E-state index contributed by atoms with van der Waals surface area (Å²) in [6.45, 7) is 0. The molecular weight excluding hydrogens is 235 g/mol. The second-order valence-corrected chi connectivity index (χ2v) is 4.80. The van der Waals surface area contributed by atoms with Gasteiger partial charge >= 0.3 is 0 Å². The minimum Gasteiger partial charge on any atom is -0.320 e. The second kappa shape index (κ2) is 4.26. The molecule has 0 aromatic carbocycles. The van der Waals surface area contributed by atoms with Gasteiger partial charge in [0.15, 0.2) is 0 Å². The van der Waals surface area contributed by atoms with Crippen LogP contribution in [0.25, 0.3) is 0 Å². The molecule has 2 aromatic heterocycles. The largest absolute Gasteiger partial charge is 0.320 e. The molecule has 1 unspecified atom stereocenters. The Hall–Kier alpha value is -0.970. The molecule has 0 saturated heterocycles. The molecule has 1 atom stereocenters. The SMILES string of the molecule is NC(c1cncc(F)c1)c1ccc(Cl)s1. The van der Waals surface area contributed by atoms with E-state index >= 15 is 0 Å². The highest BCUT2D eigenvalue weighted by Crippen LogP contribution is 2.29. The van der Waals surface area contributed by atoms with Crippen molar-refractivity contribution in [3.05, 3.63) is 51.2 Å². The Bertz CT molecular complexity index is 472. The molecule has 0 amide bonds. The van der Waals surface area contributed by atoms with Gasteiger partial charge in [0, 0.05) is 11.1 Å². The van der Waals surface area contributed by atoms with Crippen molar-refractivity contribution in [3.63, 3.8) is 0 Å². The van der Waals surface area contributed by atoms with Gasteiger partial charge < -0.3 is 5.73 Å². The number of pyridine rings is 1. The molecule has 0 saturated carbocycles. The molecule has 15 heavy (non-hydrogen) atoms. The molecule has 0 aliphatic heterocycles. The lowest BCUT2D eigenvalue weighted by Gasteiger charge is -2.08. The van der Waals surface area contributed by atoms with E-state index in [0.29, 0.717) is 9.90 Å². The van der Waals surface area contributed by atoms with E-state index in [-0.39, 0.29) is 11.9 Å². The number of rotatable bonds is 2. The van der Waals surface area contributed by atoms with Gasteiger partial charge in [0.25, 0.3) is 0 Å². The third kappa shape index (κ3) is 2.34. The van der Waals surface area contributed by atoms with E-state index in [1.807, 2.05) is 6.07 Å². The highest BCUT2D eigenvalue weighted by Gasteiger charge is 2.12. The molecule has 2 rings (SSSR count). The van der Waals surface area contributed by atoms with Crippen LogP contribution in [0.2, 0.25) is 4.34 Å². The minimum atomic E-state index is -0.384. The van der Waals surface area contributed by atoms with Crippen LogP contribution in [0.1, 0.15) is 16.5 Å². The Morgan fingerprint density at radius 1 is 1.40 bits per heavy atom. The van der Waals surface area contributed by atoms with E-state index in [2.05, 4.69) is 4.98 Å². The molecule has 5 heteroatoms. The van der Waals surface area contributed by atoms with Gasteiger partial charge in [-0.15, -0.1) is 11.3 Å². The molecule has 0 aliphatic rings. The fourth-order valence-corrected chi connectivity index (χ4v) is 2.35. The lowest BCUT2D eigenvalue weighted by Crippen LogP contribution is -2.10. The van der Waals surface area contributed by atoms with Gasteiger partial charge in [-0.3, -0.25) is 4.98 Å². The third-order valence-corrected chi connectivity index (χ3v) is 3.30. The number of aromatic nitrogens is 1. The normalized spacial score (nSPS) is 12.7. The second-order valence-electron chi connectivity index (χ2n) is 3.06. The van der Waals surface area contributed by atoms with E-state index in [4.69, 9.17) is 17.3 Å². The lowest BCUT2D eigenvalue weighted by molar-refractivity contribution is 0.616. The molecule has 0 bridgehead atoms. The summed E-state index contributed by atoms with van der Waals surface area (Å²) in [6.07, 6.45) is 2.71. The first-order valence-corrected chi connectivity index (χ1v) is 5.47. The zero-order valence-electron chi connectivity index (χ0n) is 7.65. The van der Waals surface area contributed by atoms with Crippen molar-refractivity contribution < 1.29 is 4.39 Å². The van der Waals surface area contributed by atoms with E-state index < -0.39 is 0 Å². The van der Waals surface area contributed by atoms with Crippen LogP contribution in [0.4, 0.5) is 4.39 Å². The Labute approximate surface area is 95.5 Å². The van der Waals surface area contributed by atoms with Crippen molar-refractivity contribution in [2.75, 3.05) is 0 Å². The predicted octanol–water partition coefficient (Wildman–Crippen LogP) is 2.98. The lowest BCUT2D eigenvalue weighted by atomic mass is 10.1. The smallest absolute Gasteiger partial charge is 0.141 e. The van der Waals surface area contributed by atoms with Crippen molar-refractivity contribution in [2.45, 2.75) is 6.04 Å². The average Bonchev–Trinajstić information content (AvgIpc) is 2.64. The number of thiophene rings is 1. The van der Waals surface area contributed by atoms with Gasteiger partial charge in [-0.25, -0.2) is 4.39 Å². The predicted molar refractivity (Wildman–Crippen MR) is 59.6 cm³/mol. The fraction of sp³-hybridized carbons (Fsp3) is 0.100. The summed E-state index contributed by atoms with van der Waals surface area (Å²) in [5.41, 5.74) is 6.59. The maximum atomic E-state index is 12.9. The van der Waals surface area contributed by atoms with Gasteiger partial charge in [-0.05, 0) is 23.8 Å². The van der Waals surface area contributed by atoms with Gasteiger partial charge in [-0.2, -0.15) is 0 Å². The van der Waals surface area contributed by atoms with E-state index in [1.54, 1.807) is 12.3 Å². The maximum Gasteiger partial charge on any atom is 0.141 e. The molecule has 78 valence electrons. The summed E-state index contributed by atoms with van der Waals surface area (Å²) in [7, 11) is 0. The molecule has 0 radical (unpaired) electrons. The van der Waals surface area contributed by atoms with Gasteiger partial charge in [0.05, 0.1) is 16.6 Å². The average molecular weight is 243 g/mol. The number of nitrogens with zero attached hydrogens (tertiary/aromatic N) is 1. The zero-order valence-corrected chi connectivity index (χ0v) is 9.23. The summed E-state index contributed by atoms with van der Waals surface area (Å²) in [5.74, 6) is -0.384. The van der Waals surface area contributed by atoms with Crippen molar-refractivity contribution in [3.8, 4) is 0 Å². The molecule has 0 aliphatic carbocycles. The first-order chi connectivity index (χ1) is 7.16. The Morgan fingerprint density at radius 3 is 2.80 bits per heavy atom. The third-order valence-electron chi connectivity index (χ3n) is 1.99. The van der Waals surface area contributed by atoms with Crippen LogP contribution >= 0.6 is 22.9 Å². The van der Waals surface area contributed by atoms with Crippen LogP contribution in [0.3, 0.4) is 0 Å². The van der Waals surface area contributed by atoms with Crippen LogP contribution in [0.15, 0.2) is 30.6 Å². The minimum absolute atomic E-state index is 0.370. The summed E-state index contributed by atoms with van der Waals surface area (Å²) < 4.78 is 13.6. The van der Waals surface area contributed by atoms with Crippen molar-refractivity contribution in [1.82, 2.24) is 4.98 Å². The quantitative estimate of drug-likeness (QED) is 0.879. The number of halogens is 2. The maximum absolute atomic E-state index is 12.9. The van der Waals surface area contributed by atoms with Crippen LogP contribution in [-0.2, 0) is 0 Å². The Morgan fingerprint density at radius 2 is 2.20 bits per heavy atom. The zero-order chi connectivity index (χ0) is 10.8. The van der Waals surface area contributed by atoms with Gasteiger partial charge in [-0.1, -0.05) is 11.6 Å². The highest BCUT2D eigenvalue weighted by atomic mass is 35.5. The van der Waals surface area contributed by atoms with E-state index in [1.165, 1.54) is 17.4 Å². The highest BCUT2D eigenvalue weighted by molar-refractivity contribution is 7.16. The molecule has 2 nitrogen and oxygen atoms in total. The molecule has 0 spiro atoms. The van der Waals surface area contributed by atoms with Crippen LogP contribution in [0, 0.1) is 5.82 Å². The van der Waals surface area contributed by atoms with E-state index in [9.17, 15) is 4.39 Å². The monoisotopic (exact) mass is 242 g/mol. The molecule has 2 aromatic rings. The first-order valence-electron chi connectivity index (χ1n) is 4.28. The molecule has 2 heterocycles. The molecule has 2 N–H and O–H groups in total. The van der Waals surface area contributed by atoms with Gasteiger partial charge in [0.1, 0.15) is 5.82 Å². The van der Waals surface area contributed by atoms with Crippen LogP contribution in [-0.4, -0.2) is 4.98 Å². The van der Waals surface area contributed by atoms with E-state index in [0.717, 1.165) is 11.1 Å². The molecule has 0 fully saturated rings. The Balaban J connectivity index is 2.32. The number of hydrogen-bond donors (Lipinski definition) is 1. The number of nitrogens with two attached hydrogens (primary N) is 1. The van der Waals surface area contributed by atoms with Gasteiger partial charge in [0.2, 0.25) is 0 Å². The van der Waals surface area contributed by atoms with Crippen LogP contribution in [0.5, 0.6) is 0 Å². The first kappa shape index (κ1) is 10.5. The molecular formula is C10H8ClFN2S. The van der Waals surface area contributed by atoms with Crippen LogP contribution < -0.4 is 5.73 Å². The summed E-state index contributed by atoms with van der Waals surface area (Å²) >= 11 is 7.18. The fourth-order valence-electron chi connectivity index (χ4n) is 1.26.